The Morgan fingerprint density at radius 1 is 1.60 bits per heavy atom. The van der Waals surface area contributed by atoms with Crippen LogP contribution in [0.25, 0.3) is 0 Å². The molecule has 2 rings (SSSR count). The fraction of sp³-hybridized carbons (Fsp3) is 0.500. The Kier molecular flexibility index (Phi) is 4.92. The summed E-state index contributed by atoms with van der Waals surface area (Å²) < 4.78 is 23.8. The Labute approximate surface area is 117 Å². The molecule has 1 amide bonds. The summed E-state index contributed by atoms with van der Waals surface area (Å²) in [7, 11) is 3.08. The Bertz CT molecular complexity index is 475. The van der Waals surface area contributed by atoms with E-state index in [4.69, 9.17) is 9.47 Å². The van der Waals surface area contributed by atoms with Gasteiger partial charge in [0.2, 0.25) is 0 Å². The second-order valence-corrected chi connectivity index (χ2v) is 4.73. The molecule has 6 heteroatoms. The molecule has 1 aliphatic rings. The third kappa shape index (κ3) is 3.46. The summed E-state index contributed by atoms with van der Waals surface area (Å²) in [5.74, 6) is -0.594. The number of halogens is 1. The Morgan fingerprint density at radius 3 is 3.05 bits per heavy atom. The standard InChI is InChI=1S/C14H19FN2O3/c1-17(9-11-8-16-5-6-20-11)14(18)10-3-4-12(15)13(7-10)19-2/h3-4,7,11,16H,5-6,8-9H2,1-2H3. The first-order valence-corrected chi connectivity index (χ1v) is 6.53. The molecule has 1 heterocycles. The molecule has 110 valence electrons. The van der Waals surface area contributed by atoms with Gasteiger partial charge in [0.1, 0.15) is 0 Å². The van der Waals surface area contributed by atoms with Crippen molar-refractivity contribution in [3.8, 4) is 5.75 Å². The molecule has 1 aromatic rings. The molecule has 20 heavy (non-hydrogen) atoms. The summed E-state index contributed by atoms with van der Waals surface area (Å²) in [5.41, 5.74) is 0.398. The number of carbonyl (C=O) groups excluding carboxylic acids is 1. The largest absolute Gasteiger partial charge is 0.494 e. The molecule has 0 aromatic heterocycles. The SMILES string of the molecule is COc1cc(C(=O)N(C)CC2CNCCO2)ccc1F. The van der Waals surface area contributed by atoms with Crippen LogP contribution in [0.1, 0.15) is 10.4 Å². The highest BCUT2D eigenvalue weighted by atomic mass is 19.1. The van der Waals surface area contributed by atoms with Crippen molar-refractivity contribution >= 4 is 5.91 Å². The van der Waals surface area contributed by atoms with Crippen molar-refractivity contribution < 1.29 is 18.7 Å². The van der Waals surface area contributed by atoms with Crippen molar-refractivity contribution in [1.82, 2.24) is 10.2 Å². The summed E-state index contributed by atoms with van der Waals surface area (Å²) >= 11 is 0. The van der Waals surface area contributed by atoms with Gasteiger partial charge in [-0.3, -0.25) is 4.79 Å². The molecule has 1 atom stereocenters. The van der Waals surface area contributed by atoms with E-state index in [0.717, 1.165) is 13.1 Å². The number of morpholine rings is 1. The minimum absolute atomic E-state index is 0.0138. The Hall–Kier alpha value is -1.66. The molecule has 1 unspecified atom stereocenters. The maximum atomic E-state index is 13.3. The normalized spacial score (nSPS) is 18.6. The van der Waals surface area contributed by atoms with Gasteiger partial charge in [-0.25, -0.2) is 4.39 Å². The van der Waals surface area contributed by atoms with Crippen LogP contribution in [-0.4, -0.2) is 57.3 Å². The van der Waals surface area contributed by atoms with E-state index in [9.17, 15) is 9.18 Å². The summed E-state index contributed by atoms with van der Waals surface area (Å²) in [5, 5.41) is 3.21. The van der Waals surface area contributed by atoms with E-state index in [1.807, 2.05) is 0 Å². The van der Waals surface area contributed by atoms with Crippen LogP contribution in [-0.2, 0) is 4.74 Å². The maximum Gasteiger partial charge on any atom is 0.253 e. The number of amides is 1. The molecule has 0 bridgehead atoms. The number of hydrogen-bond acceptors (Lipinski definition) is 4. The topological polar surface area (TPSA) is 50.8 Å². The van der Waals surface area contributed by atoms with Gasteiger partial charge in [-0.05, 0) is 18.2 Å². The molecule has 0 radical (unpaired) electrons. The maximum absolute atomic E-state index is 13.3. The van der Waals surface area contributed by atoms with Crippen molar-refractivity contribution in [2.45, 2.75) is 6.10 Å². The average Bonchev–Trinajstić information content (AvgIpc) is 2.48. The van der Waals surface area contributed by atoms with Crippen molar-refractivity contribution in [2.24, 2.45) is 0 Å². The number of carbonyl (C=O) groups is 1. The molecule has 1 fully saturated rings. The molecule has 1 aromatic carbocycles. The van der Waals surface area contributed by atoms with Gasteiger partial charge in [0.15, 0.2) is 11.6 Å². The zero-order chi connectivity index (χ0) is 14.5. The zero-order valence-corrected chi connectivity index (χ0v) is 11.7. The summed E-state index contributed by atoms with van der Waals surface area (Å²) in [6.45, 7) is 2.70. The number of nitrogens with one attached hydrogen (secondary N) is 1. The fourth-order valence-electron chi connectivity index (χ4n) is 2.14. The van der Waals surface area contributed by atoms with E-state index in [-0.39, 0.29) is 17.8 Å². The molecule has 5 nitrogen and oxygen atoms in total. The minimum atomic E-state index is -0.480. The third-order valence-electron chi connectivity index (χ3n) is 3.23. The fourth-order valence-corrected chi connectivity index (χ4v) is 2.14. The van der Waals surface area contributed by atoms with E-state index in [1.54, 1.807) is 11.9 Å². The smallest absolute Gasteiger partial charge is 0.253 e. The number of methoxy groups -OCH3 is 1. The zero-order valence-electron chi connectivity index (χ0n) is 11.7. The number of nitrogens with zero attached hydrogens (tertiary/aromatic N) is 1. The summed E-state index contributed by atoms with van der Waals surface area (Å²) in [6.07, 6.45) is -0.0138. The molecule has 0 aliphatic carbocycles. The first-order chi connectivity index (χ1) is 9.61. The van der Waals surface area contributed by atoms with Gasteiger partial charge in [-0.2, -0.15) is 0 Å². The van der Waals surface area contributed by atoms with E-state index in [2.05, 4.69) is 5.32 Å². The molecular weight excluding hydrogens is 263 g/mol. The molecule has 1 N–H and O–H groups in total. The molecule has 1 saturated heterocycles. The van der Waals surface area contributed by atoms with Gasteiger partial charge in [0, 0.05) is 32.2 Å². The summed E-state index contributed by atoms with van der Waals surface area (Å²) in [6, 6.07) is 4.10. The van der Waals surface area contributed by atoms with Gasteiger partial charge < -0.3 is 19.7 Å². The van der Waals surface area contributed by atoms with Crippen molar-refractivity contribution in [3.05, 3.63) is 29.6 Å². The molecule has 1 aliphatic heterocycles. The first kappa shape index (κ1) is 14.7. The lowest BCUT2D eigenvalue weighted by Crippen LogP contribution is -2.45. The van der Waals surface area contributed by atoms with E-state index in [1.165, 1.54) is 25.3 Å². The lowest BCUT2D eigenvalue weighted by Gasteiger charge is -2.28. The highest BCUT2D eigenvalue weighted by Crippen LogP contribution is 2.19. The molecule has 0 spiro atoms. The lowest BCUT2D eigenvalue weighted by atomic mass is 10.1. The predicted octanol–water partition coefficient (Wildman–Crippen LogP) is 0.895. The highest BCUT2D eigenvalue weighted by Gasteiger charge is 2.20. The highest BCUT2D eigenvalue weighted by molar-refractivity contribution is 5.94. The van der Waals surface area contributed by atoms with Crippen molar-refractivity contribution in [3.63, 3.8) is 0 Å². The van der Waals surface area contributed by atoms with Crippen LogP contribution in [0.4, 0.5) is 4.39 Å². The number of benzene rings is 1. The first-order valence-electron chi connectivity index (χ1n) is 6.53. The minimum Gasteiger partial charge on any atom is -0.494 e. The van der Waals surface area contributed by atoms with Gasteiger partial charge in [-0.1, -0.05) is 0 Å². The van der Waals surface area contributed by atoms with E-state index < -0.39 is 5.82 Å². The van der Waals surface area contributed by atoms with E-state index in [0.29, 0.717) is 18.7 Å². The van der Waals surface area contributed by atoms with Gasteiger partial charge in [0.05, 0.1) is 19.8 Å². The average molecular weight is 282 g/mol. The molecule has 0 saturated carbocycles. The van der Waals surface area contributed by atoms with Crippen LogP contribution in [0, 0.1) is 5.82 Å². The van der Waals surface area contributed by atoms with Crippen LogP contribution in [0.2, 0.25) is 0 Å². The van der Waals surface area contributed by atoms with Crippen molar-refractivity contribution in [2.75, 3.05) is 40.4 Å². The number of hydrogen-bond donors (Lipinski definition) is 1. The quantitative estimate of drug-likeness (QED) is 0.891. The Morgan fingerprint density at radius 2 is 2.40 bits per heavy atom. The molecular formula is C14H19FN2O3. The second kappa shape index (κ2) is 6.67. The lowest BCUT2D eigenvalue weighted by molar-refractivity contribution is 0.0104. The van der Waals surface area contributed by atoms with Crippen LogP contribution < -0.4 is 10.1 Å². The number of rotatable bonds is 4. The van der Waals surface area contributed by atoms with Crippen LogP contribution in [0.5, 0.6) is 5.75 Å². The van der Waals surface area contributed by atoms with Crippen LogP contribution in [0.3, 0.4) is 0 Å². The van der Waals surface area contributed by atoms with Crippen molar-refractivity contribution in [1.29, 1.82) is 0 Å². The van der Waals surface area contributed by atoms with E-state index >= 15 is 0 Å². The van der Waals surface area contributed by atoms with Crippen LogP contribution in [0.15, 0.2) is 18.2 Å². The second-order valence-electron chi connectivity index (χ2n) is 4.73. The number of likely N-dealkylation sites (N-methyl/N-ethyl adjacent to an activating group) is 1. The van der Waals surface area contributed by atoms with Crippen LogP contribution >= 0.6 is 0 Å². The predicted molar refractivity (Wildman–Crippen MR) is 72.5 cm³/mol. The van der Waals surface area contributed by atoms with Gasteiger partial charge in [-0.15, -0.1) is 0 Å². The summed E-state index contributed by atoms with van der Waals surface area (Å²) in [4.78, 5) is 13.8. The van der Waals surface area contributed by atoms with Gasteiger partial charge in [0.25, 0.3) is 5.91 Å². The Balaban J connectivity index is 2.02. The number of ether oxygens (including phenoxy) is 2. The monoisotopic (exact) mass is 282 g/mol. The van der Waals surface area contributed by atoms with Gasteiger partial charge >= 0.3 is 0 Å². The third-order valence-corrected chi connectivity index (χ3v) is 3.23.